The molecule has 0 radical (unpaired) electrons. The molecular weight excluding hydrogens is 272 g/mol. The van der Waals surface area contributed by atoms with Crippen LogP contribution >= 0.6 is 12.2 Å². The minimum absolute atomic E-state index is 0.0129. The van der Waals surface area contributed by atoms with Gasteiger partial charge in [0.2, 0.25) is 0 Å². The summed E-state index contributed by atoms with van der Waals surface area (Å²) < 4.78 is 5.58. The topological polar surface area (TPSA) is 55.6 Å². The summed E-state index contributed by atoms with van der Waals surface area (Å²) in [6, 6.07) is 7.24. The minimum atomic E-state index is 0.0129. The molecule has 5 heteroatoms. The number of amides is 1. The molecule has 2 N–H and O–H groups in total. The second-order valence-electron chi connectivity index (χ2n) is 5.40. The van der Waals surface area contributed by atoms with Gasteiger partial charge in [-0.25, -0.2) is 0 Å². The average molecular weight is 292 g/mol. The van der Waals surface area contributed by atoms with Crippen molar-refractivity contribution >= 4 is 23.1 Å². The average Bonchev–Trinajstić information content (AvgIpc) is 2.76. The number of ether oxygens (including phenoxy) is 1. The molecule has 4 nitrogen and oxygen atoms in total. The highest BCUT2D eigenvalue weighted by atomic mass is 32.1. The standard InChI is InChI=1S/C15H20N2O2S/c1-10-7-17(8-11(10)2)14(18)9-19-13-6-4-3-5-12(13)15(16)20/h3-6,10-11H,7-9H2,1-2H3,(H2,16,20). The molecule has 1 amide bonds. The molecule has 2 unspecified atom stereocenters. The Hall–Kier alpha value is -1.62. The van der Waals surface area contributed by atoms with Crippen LogP contribution in [0.5, 0.6) is 5.75 Å². The van der Waals surface area contributed by atoms with Crippen LogP contribution in [0.3, 0.4) is 0 Å². The number of nitrogens with zero attached hydrogens (tertiary/aromatic N) is 1. The summed E-state index contributed by atoms with van der Waals surface area (Å²) in [7, 11) is 0. The third-order valence-corrected chi connectivity index (χ3v) is 4.06. The Morgan fingerprint density at radius 3 is 2.55 bits per heavy atom. The zero-order valence-corrected chi connectivity index (χ0v) is 12.7. The second kappa shape index (κ2) is 6.22. The fourth-order valence-corrected chi connectivity index (χ4v) is 2.53. The molecule has 0 bridgehead atoms. The van der Waals surface area contributed by atoms with Gasteiger partial charge in [-0.2, -0.15) is 0 Å². The van der Waals surface area contributed by atoms with Gasteiger partial charge in [-0.1, -0.05) is 38.2 Å². The summed E-state index contributed by atoms with van der Waals surface area (Å²) in [5.74, 6) is 1.67. The van der Waals surface area contributed by atoms with Crippen molar-refractivity contribution in [2.24, 2.45) is 17.6 Å². The SMILES string of the molecule is CC1CN(C(=O)COc2ccccc2C(N)=S)CC1C. The maximum absolute atomic E-state index is 12.1. The van der Waals surface area contributed by atoms with E-state index >= 15 is 0 Å². The number of rotatable bonds is 4. The monoisotopic (exact) mass is 292 g/mol. The Kier molecular flexibility index (Phi) is 4.60. The van der Waals surface area contributed by atoms with Crippen molar-refractivity contribution in [1.29, 1.82) is 0 Å². The molecule has 0 aliphatic carbocycles. The van der Waals surface area contributed by atoms with Crippen LogP contribution < -0.4 is 10.5 Å². The van der Waals surface area contributed by atoms with Gasteiger partial charge in [0.25, 0.3) is 5.91 Å². The van der Waals surface area contributed by atoms with Crippen LogP contribution in [0.15, 0.2) is 24.3 Å². The molecule has 20 heavy (non-hydrogen) atoms. The third kappa shape index (κ3) is 3.28. The maximum atomic E-state index is 12.1. The molecule has 1 saturated heterocycles. The molecule has 0 saturated carbocycles. The van der Waals surface area contributed by atoms with E-state index in [-0.39, 0.29) is 17.5 Å². The second-order valence-corrected chi connectivity index (χ2v) is 5.84. The van der Waals surface area contributed by atoms with Crippen molar-refractivity contribution in [3.63, 3.8) is 0 Å². The molecule has 1 aliphatic rings. The number of likely N-dealkylation sites (tertiary alicyclic amines) is 1. The van der Waals surface area contributed by atoms with Crippen LogP contribution in [0, 0.1) is 11.8 Å². The molecule has 1 fully saturated rings. The van der Waals surface area contributed by atoms with E-state index in [1.54, 1.807) is 12.1 Å². The molecule has 108 valence electrons. The van der Waals surface area contributed by atoms with Crippen LogP contribution in [-0.4, -0.2) is 35.5 Å². The van der Waals surface area contributed by atoms with Crippen molar-refractivity contribution in [2.45, 2.75) is 13.8 Å². The predicted octanol–water partition coefficient (Wildman–Crippen LogP) is 1.81. The van der Waals surface area contributed by atoms with Gasteiger partial charge in [0, 0.05) is 13.1 Å². The van der Waals surface area contributed by atoms with E-state index in [1.807, 2.05) is 17.0 Å². The van der Waals surface area contributed by atoms with E-state index in [2.05, 4.69) is 13.8 Å². The first-order chi connectivity index (χ1) is 9.49. The van der Waals surface area contributed by atoms with Crippen molar-refractivity contribution in [2.75, 3.05) is 19.7 Å². The number of carbonyl (C=O) groups excluding carboxylic acids is 1. The van der Waals surface area contributed by atoms with Gasteiger partial charge < -0.3 is 15.4 Å². The Morgan fingerprint density at radius 1 is 1.35 bits per heavy atom. The fraction of sp³-hybridized carbons (Fsp3) is 0.467. The quantitative estimate of drug-likeness (QED) is 0.860. The first kappa shape index (κ1) is 14.8. The Morgan fingerprint density at radius 2 is 1.95 bits per heavy atom. The molecule has 2 rings (SSSR count). The van der Waals surface area contributed by atoms with Crippen molar-refractivity contribution in [1.82, 2.24) is 4.90 Å². The lowest BCUT2D eigenvalue weighted by molar-refractivity contribution is -0.132. The summed E-state index contributed by atoms with van der Waals surface area (Å²) >= 11 is 4.97. The normalized spacial score (nSPS) is 21.8. The maximum Gasteiger partial charge on any atom is 0.260 e. The zero-order chi connectivity index (χ0) is 14.7. The zero-order valence-electron chi connectivity index (χ0n) is 11.8. The highest BCUT2D eigenvalue weighted by Crippen LogP contribution is 2.23. The van der Waals surface area contributed by atoms with E-state index in [1.165, 1.54) is 0 Å². The predicted molar refractivity (Wildman–Crippen MR) is 82.7 cm³/mol. The molecule has 1 aromatic carbocycles. The highest BCUT2D eigenvalue weighted by Gasteiger charge is 2.29. The Labute approximate surface area is 124 Å². The molecule has 1 aliphatic heterocycles. The third-order valence-electron chi connectivity index (χ3n) is 3.84. The van der Waals surface area contributed by atoms with E-state index in [9.17, 15) is 4.79 Å². The lowest BCUT2D eigenvalue weighted by Gasteiger charge is -2.17. The van der Waals surface area contributed by atoms with E-state index in [0.717, 1.165) is 13.1 Å². The van der Waals surface area contributed by atoms with Crippen LogP contribution in [0.4, 0.5) is 0 Å². The van der Waals surface area contributed by atoms with Gasteiger partial charge in [0.1, 0.15) is 10.7 Å². The van der Waals surface area contributed by atoms with Gasteiger partial charge in [-0.05, 0) is 24.0 Å². The Bertz CT molecular complexity index is 508. The molecule has 1 heterocycles. The smallest absolute Gasteiger partial charge is 0.260 e. The Balaban J connectivity index is 1.96. The van der Waals surface area contributed by atoms with Crippen molar-refractivity contribution < 1.29 is 9.53 Å². The van der Waals surface area contributed by atoms with Crippen molar-refractivity contribution in [3.05, 3.63) is 29.8 Å². The highest BCUT2D eigenvalue weighted by molar-refractivity contribution is 7.80. The summed E-state index contributed by atoms with van der Waals surface area (Å²) in [4.78, 5) is 14.3. The number of para-hydroxylation sites is 1. The summed E-state index contributed by atoms with van der Waals surface area (Å²) in [5.41, 5.74) is 6.30. The van der Waals surface area contributed by atoms with Gasteiger partial charge in [-0.15, -0.1) is 0 Å². The van der Waals surface area contributed by atoms with Gasteiger partial charge >= 0.3 is 0 Å². The first-order valence-corrected chi connectivity index (χ1v) is 7.19. The summed E-state index contributed by atoms with van der Waals surface area (Å²) in [5, 5.41) is 0. The van der Waals surface area contributed by atoms with Crippen LogP contribution in [0.25, 0.3) is 0 Å². The van der Waals surface area contributed by atoms with E-state index < -0.39 is 0 Å². The number of nitrogens with two attached hydrogens (primary N) is 1. The lowest BCUT2D eigenvalue weighted by Crippen LogP contribution is -2.33. The first-order valence-electron chi connectivity index (χ1n) is 6.78. The van der Waals surface area contributed by atoms with E-state index in [0.29, 0.717) is 23.1 Å². The largest absolute Gasteiger partial charge is 0.483 e. The molecule has 0 spiro atoms. The number of hydrogen-bond acceptors (Lipinski definition) is 3. The fourth-order valence-electron chi connectivity index (χ4n) is 2.36. The van der Waals surface area contributed by atoms with Gasteiger partial charge in [0.05, 0.1) is 5.56 Å². The molecular formula is C15H20N2O2S. The van der Waals surface area contributed by atoms with Crippen molar-refractivity contribution in [3.8, 4) is 5.75 Å². The van der Waals surface area contributed by atoms with E-state index in [4.69, 9.17) is 22.7 Å². The van der Waals surface area contributed by atoms with Crippen LogP contribution in [-0.2, 0) is 4.79 Å². The number of carbonyl (C=O) groups is 1. The van der Waals surface area contributed by atoms with Crippen LogP contribution in [0.1, 0.15) is 19.4 Å². The molecule has 1 aromatic rings. The number of hydrogen-bond donors (Lipinski definition) is 1. The summed E-state index contributed by atoms with van der Waals surface area (Å²) in [6.07, 6.45) is 0. The molecule has 2 atom stereocenters. The number of thiocarbonyl (C=S) groups is 1. The summed E-state index contributed by atoms with van der Waals surface area (Å²) in [6.45, 7) is 5.97. The molecule has 0 aromatic heterocycles. The van der Waals surface area contributed by atoms with Gasteiger partial charge in [0.15, 0.2) is 6.61 Å². The number of benzene rings is 1. The lowest BCUT2D eigenvalue weighted by atomic mass is 10.0. The van der Waals surface area contributed by atoms with Crippen LogP contribution in [0.2, 0.25) is 0 Å². The minimum Gasteiger partial charge on any atom is -0.483 e. The van der Waals surface area contributed by atoms with Gasteiger partial charge in [-0.3, -0.25) is 4.79 Å².